The summed E-state index contributed by atoms with van der Waals surface area (Å²) in [7, 11) is 1.99. The summed E-state index contributed by atoms with van der Waals surface area (Å²) in [6.45, 7) is 5.24. The fourth-order valence-electron chi connectivity index (χ4n) is 2.89. The zero-order valence-corrected chi connectivity index (χ0v) is 13.9. The molecule has 0 amide bonds. The predicted octanol–water partition coefficient (Wildman–Crippen LogP) is 4.53. The lowest BCUT2D eigenvalue weighted by Crippen LogP contribution is -2.28. The second kappa shape index (κ2) is 11.4. The monoisotopic (exact) mass is 294 g/mol. The third-order valence-electron chi connectivity index (χ3n) is 4.25. The Morgan fingerprint density at radius 1 is 1.05 bits per heavy atom. The zero-order chi connectivity index (χ0) is 15.3. The molecule has 1 aliphatic heterocycles. The molecule has 0 radical (unpaired) electrons. The molecule has 0 spiro atoms. The van der Waals surface area contributed by atoms with E-state index in [0.29, 0.717) is 0 Å². The Morgan fingerprint density at radius 3 is 2.19 bits per heavy atom. The number of nitrogens with zero attached hydrogens (tertiary/aromatic N) is 5. The molecule has 120 valence electrons. The molecule has 0 atom stereocenters. The number of rotatable bonds is 11. The quantitative estimate of drug-likeness (QED) is 0.181. The minimum Gasteiger partial charge on any atom is -0.290 e. The van der Waals surface area contributed by atoms with Gasteiger partial charge in [0.25, 0.3) is 5.96 Å². The average molecular weight is 294 g/mol. The van der Waals surface area contributed by atoms with Crippen molar-refractivity contribution in [2.24, 2.45) is 5.11 Å². The molecule has 1 aliphatic rings. The van der Waals surface area contributed by atoms with Crippen molar-refractivity contribution >= 4 is 5.96 Å². The molecule has 5 nitrogen and oxygen atoms in total. The SMILES string of the molecule is CCCCCCCCCCCCN1CC[N+](C)=C1N=[N+]=[N-]. The van der Waals surface area contributed by atoms with Crippen molar-refractivity contribution in [3.8, 4) is 0 Å². The van der Waals surface area contributed by atoms with Crippen LogP contribution in [-0.4, -0.2) is 42.1 Å². The van der Waals surface area contributed by atoms with Gasteiger partial charge in [-0.05, 0) is 12.0 Å². The smallest absolute Gasteiger partial charge is 0.282 e. The Bertz CT molecular complexity index is 358. The molecule has 0 aromatic carbocycles. The van der Waals surface area contributed by atoms with Crippen LogP contribution >= 0.6 is 0 Å². The highest BCUT2D eigenvalue weighted by atomic mass is 15.4. The number of azide groups is 1. The number of likely N-dealkylation sites (N-methyl/N-ethyl adjacent to an activating group) is 1. The number of hydrogen-bond donors (Lipinski definition) is 0. The molecule has 0 saturated carbocycles. The van der Waals surface area contributed by atoms with E-state index >= 15 is 0 Å². The first-order chi connectivity index (χ1) is 10.3. The van der Waals surface area contributed by atoms with E-state index in [4.69, 9.17) is 5.53 Å². The van der Waals surface area contributed by atoms with Crippen LogP contribution in [0.2, 0.25) is 0 Å². The highest BCUT2D eigenvalue weighted by Gasteiger charge is 2.23. The molecule has 0 saturated heterocycles. The van der Waals surface area contributed by atoms with Gasteiger partial charge in [0.05, 0.1) is 26.7 Å². The maximum atomic E-state index is 8.59. The fraction of sp³-hybridized carbons (Fsp3) is 0.938. The lowest BCUT2D eigenvalue weighted by molar-refractivity contribution is -0.487. The first-order valence-electron chi connectivity index (χ1n) is 8.67. The van der Waals surface area contributed by atoms with Crippen LogP contribution in [0.25, 0.3) is 10.4 Å². The lowest BCUT2D eigenvalue weighted by Gasteiger charge is -2.12. The van der Waals surface area contributed by atoms with Gasteiger partial charge < -0.3 is 0 Å². The minimum absolute atomic E-state index is 0.799. The maximum Gasteiger partial charge on any atom is 0.282 e. The maximum absolute atomic E-state index is 8.59. The van der Waals surface area contributed by atoms with Crippen molar-refractivity contribution < 1.29 is 4.58 Å². The van der Waals surface area contributed by atoms with Crippen LogP contribution in [0.15, 0.2) is 5.11 Å². The van der Waals surface area contributed by atoms with E-state index in [1.165, 1.54) is 64.2 Å². The molecule has 5 heteroatoms. The molecule has 0 aliphatic carbocycles. The summed E-state index contributed by atoms with van der Waals surface area (Å²) in [5, 5.41) is 3.80. The van der Waals surface area contributed by atoms with Gasteiger partial charge in [0.15, 0.2) is 0 Å². The Kier molecular flexibility index (Phi) is 9.71. The first kappa shape index (κ1) is 17.8. The van der Waals surface area contributed by atoms with Gasteiger partial charge in [-0.15, -0.1) is 0 Å². The predicted molar refractivity (Wildman–Crippen MR) is 88.6 cm³/mol. The van der Waals surface area contributed by atoms with Crippen LogP contribution in [-0.2, 0) is 0 Å². The van der Waals surface area contributed by atoms with Crippen molar-refractivity contribution in [2.45, 2.75) is 71.1 Å². The summed E-state index contributed by atoms with van der Waals surface area (Å²) in [6, 6.07) is 0. The van der Waals surface area contributed by atoms with Gasteiger partial charge in [0, 0.05) is 10.0 Å². The highest BCUT2D eigenvalue weighted by molar-refractivity contribution is 5.76. The van der Waals surface area contributed by atoms with Gasteiger partial charge in [-0.3, -0.25) is 9.48 Å². The van der Waals surface area contributed by atoms with E-state index in [2.05, 4.69) is 21.8 Å². The Balaban J connectivity index is 1.98. The molecule has 1 heterocycles. The van der Waals surface area contributed by atoms with Crippen molar-refractivity contribution in [1.29, 1.82) is 0 Å². The molecular formula is C16H32N5+. The summed E-state index contributed by atoms with van der Waals surface area (Å²) < 4.78 is 2.04. The van der Waals surface area contributed by atoms with Gasteiger partial charge in [0.1, 0.15) is 0 Å². The van der Waals surface area contributed by atoms with Crippen molar-refractivity contribution in [3.05, 3.63) is 10.4 Å². The van der Waals surface area contributed by atoms with Gasteiger partial charge in [0.2, 0.25) is 0 Å². The topological polar surface area (TPSA) is 55.0 Å². The molecule has 0 aromatic rings. The van der Waals surface area contributed by atoms with E-state index in [0.717, 1.165) is 25.6 Å². The largest absolute Gasteiger partial charge is 0.290 e. The molecule has 0 bridgehead atoms. The van der Waals surface area contributed by atoms with Gasteiger partial charge >= 0.3 is 0 Å². The van der Waals surface area contributed by atoms with Crippen LogP contribution < -0.4 is 0 Å². The van der Waals surface area contributed by atoms with E-state index in [1.807, 2.05) is 11.6 Å². The van der Waals surface area contributed by atoms with Gasteiger partial charge in [-0.1, -0.05) is 64.7 Å². The first-order valence-corrected chi connectivity index (χ1v) is 8.67. The average Bonchev–Trinajstić information content (AvgIpc) is 2.83. The second-order valence-electron chi connectivity index (χ2n) is 6.08. The molecule has 1 rings (SSSR count). The van der Waals surface area contributed by atoms with Crippen LogP contribution in [0.1, 0.15) is 71.1 Å². The molecule has 0 aromatic heterocycles. The van der Waals surface area contributed by atoms with E-state index in [-0.39, 0.29) is 0 Å². The number of hydrogen-bond acceptors (Lipinski definition) is 2. The normalized spacial score (nSPS) is 14.7. The van der Waals surface area contributed by atoms with Crippen molar-refractivity contribution in [3.63, 3.8) is 0 Å². The summed E-state index contributed by atoms with van der Waals surface area (Å²) in [6.07, 6.45) is 13.6. The summed E-state index contributed by atoms with van der Waals surface area (Å²) in [5.74, 6) is 0.799. The van der Waals surface area contributed by atoms with Crippen LogP contribution in [0.4, 0.5) is 0 Å². The molecule has 0 unspecified atom stereocenters. The lowest BCUT2D eigenvalue weighted by atomic mass is 10.1. The highest BCUT2D eigenvalue weighted by Crippen LogP contribution is 2.11. The Morgan fingerprint density at radius 2 is 1.62 bits per heavy atom. The van der Waals surface area contributed by atoms with Crippen LogP contribution in [0.5, 0.6) is 0 Å². The van der Waals surface area contributed by atoms with Gasteiger partial charge in [-0.2, -0.15) is 0 Å². The van der Waals surface area contributed by atoms with Gasteiger partial charge in [-0.25, -0.2) is 0 Å². The summed E-state index contributed by atoms with van der Waals surface area (Å²) >= 11 is 0. The van der Waals surface area contributed by atoms with Crippen LogP contribution in [0.3, 0.4) is 0 Å². The zero-order valence-electron chi connectivity index (χ0n) is 13.9. The molecule has 0 fully saturated rings. The fourth-order valence-corrected chi connectivity index (χ4v) is 2.89. The standard InChI is InChI=1S/C16H32N5/c1-3-4-5-6-7-8-9-10-11-12-13-21-15-14-20(2)16(21)18-19-17/h3-15H2,1-2H3/q+1. The van der Waals surface area contributed by atoms with Crippen LogP contribution in [0, 0.1) is 0 Å². The van der Waals surface area contributed by atoms with E-state index in [1.54, 1.807) is 0 Å². The summed E-state index contributed by atoms with van der Waals surface area (Å²) in [4.78, 5) is 5.14. The summed E-state index contributed by atoms with van der Waals surface area (Å²) in [5.41, 5.74) is 8.59. The third-order valence-corrected chi connectivity index (χ3v) is 4.25. The van der Waals surface area contributed by atoms with Crippen molar-refractivity contribution in [1.82, 2.24) is 4.90 Å². The molecule has 21 heavy (non-hydrogen) atoms. The van der Waals surface area contributed by atoms with E-state index < -0.39 is 0 Å². The third kappa shape index (κ3) is 7.37. The Hall–Kier alpha value is -1.22. The number of unbranched alkanes of at least 4 members (excludes halogenated alkanes) is 9. The number of guanidine groups is 1. The molecular weight excluding hydrogens is 262 g/mol. The van der Waals surface area contributed by atoms with Crippen molar-refractivity contribution in [2.75, 3.05) is 26.7 Å². The Labute approximate surface area is 129 Å². The van der Waals surface area contributed by atoms with E-state index in [9.17, 15) is 0 Å². The molecule has 0 N–H and O–H groups in total. The minimum atomic E-state index is 0.799. The second-order valence-corrected chi connectivity index (χ2v) is 6.08.